The maximum atomic E-state index is 13.1. The van der Waals surface area contributed by atoms with Crippen molar-refractivity contribution in [2.75, 3.05) is 7.05 Å². The first-order chi connectivity index (χ1) is 9.11. The summed E-state index contributed by atoms with van der Waals surface area (Å²) >= 11 is 3.43. The van der Waals surface area contributed by atoms with Crippen molar-refractivity contribution in [3.8, 4) is 0 Å². The second-order valence-electron chi connectivity index (χ2n) is 4.64. The highest BCUT2D eigenvalue weighted by atomic mass is 79.9. The third-order valence-electron chi connectivity index (χ3n) is 3.35. The molecule has 0 amide bonds. The molecule has 0 saturated carbocycles. The Hall–Kier alpha value is -1.19. The lowest BCUT2D eigenvalue weighted by molar-refractivity contribution is 0.584. The summed E-state index contributed by atoms with van der Waals surface area (Å²) in [6, 6.07) is 13.4. The topological polar surface area (TPSA) is 12.0 Å². The van der Waals surface area contributed by atoms with Crippen LogP contribution >= 0.6 is 15.9 Å². The molecular weight excluding hydrogens is 305 g/mol. The van der Waals surface area contributed by atoms with Crippen molar-refractivity contribution in [3.63, 3.8) is 0 Å². The minimum absolute atomic E-state index is 0.215. The molecule has 2 aromatic carbocycles. The molecule has 100 valence electrons. The van der Waals surface area contributed by atoms with Gasteiger partial charge in [0.2, 0.25) is 0 Å². The Balaban J connectivity index is 2.27. The van der Waals surface area contributed by atoms with Gasteiger partial charge in [0.15, 0.2) is 0 Å². The molecule has 1 nitrogen and oxygen atoms in total. The van der Waals surface area contributed by atoms with E-state index in [-0.39, 0.29) is 11.9 Å². The van der Waals surface area contributed by atoms with Crippen LogP contribution in [0.4, 0.5) is 4.39 Å². The average Bonchev–Trinajstić information content (AvgIpc) is 2.39. The summed E-state index contributed by atoms with van der Waals surface area (Å²) in [5.74, 6) is -0.215. The molecule has 2 rings (SSSR count). The van der Waals surface area contributed by atoms with Crippen LogP contribution in [0.15, 0.2) is 46.9 Å². The monoisotopic (exact) mass is 321 g/mol. The van der Waals surface area contributed by atoms with Crippen molar-refractivity contribution in [1.82, 2.24) is 5.32 Å². The molecule has 0 bridgehead atoms. The minimum Gasteiger partial charge on any atom is -0.313 e. The van der Waals surface area contributed by atoms with E-state index < -0.39 is 0 Å². The van der Waals surface area contributed by atoms with Crippen LogP contribution in [-0.4, -0.2) is 7.05 Å². The van der Waals surface area contributed by atoms with E-state index in [1.54, 1.807) is 0 Å². The van der Waals surface area contributed by atoms with Gasteiger partial charge in [-0.1, -0.05) is 46.3 Å². The molecule has 2 aromatic rings. The lowest BCUT2D eigenvalue weighted by Crippen LogP contribution is -2.20. The van der Waals surface area contributed by atoms with E-state index in [0.29, 0.717) is 0 Å². The highest BCUT2D eigenvalue weighted by Crippen LogP contribution is 2.26. The number of nitrogens with one attached hydrogen (secondary N) is 1. The van der Waals surface area contributed by atoms with Gasteiger partial charge in [-0.05, 0) is 49.2 Å². The zero-order valence-corrected chi connectivity index (χ0v) is 12.7. The van der Waals surface area contributed by atoms with Crippen LogP contribution in [0.5, 0.6) is 0 Å². The first-order valence-electron chi connectivity index (χ1n) is 6.28. The summed E-state index contributed by atoms with van der Waals surface area (Å²) in [6.45, 7) is 2.11. The molecule has 1 N–H and O–H groups in total. The molecule has 3 heteroatoms. The number of rotatable bonds is 4. The van der Waals surface area contributed by atoms with Crippen LogP contribution in [0.3, 0.4) is 0 Å². The SMILES string of the molecule is CNC(Cc1ccc(F)cc1Br)c1ccccc1C. The molecule has 0 heterocycles. The summed E-state index contributed by atoms with van der Waals surface area (Å²) in [5, 5.41) is 3.33. The van der Waals surface area contributed by atoms with E-state index in [2.05, 4.69) is 40.3 Å². The van der Waals surface area contributed by atoms with Crippen LogP contribution in [-0.2, 0) is 6.42 Å². The van der Waals surface area contributed by atoms with Crippen LogP contribution in [0.2, 0.25) is 0 Å². The summed E-state index contributed by atoms with van der Waals surface area (Å²) in [7, 11) is 1.95. The summed E-state index contributed by atoms with van der Waals surface area (Å²) in [6.07, 6.45) is 0.822. The van der Waals surface area contributed by atoms with E-state index in [1.165, 1.54) is 23.3 Å². The van der Waals surface area contributed by atoms with Crippen LogP contribution in [0.25, 0.3) is 0 Å². The fourth-order valence-corrected chi connectivity index (χ4v) is 2.77. The van der Waals surface area contributed by atoms with Gasteiger partial charge in [-0.3, -0.25) is 0 Å². The zero-order chi connectivity index (χ0) is 13.8. The van der Waals surface area contributed by atoms with Crippen molar-refractivity contribution in [2.45, 2.75) is 19.4 Å². The molecular formula is C16H17BrFN. The van der Waals surface area contributed by atoms with E-state index in [4.69, 9.17) is 0 Å². The fourth-order valence-electron chi connectivity index (χ4n) is 2.25. The molecule has 0 aliphatic carbocycles. The molecule has 0 aliphatic rings. The maximum absolute atomic E-state index is 13.1. The number of halogens is 2. The van der Waals surface area contributed by atoms with Gasteiger partial charge >= 0.3 is 0 Å². The van der Waals surface area contributed by atoms with E-state index in [9.17, 15) is 4.39 Å². The van der Waals surface area contributed by atoms with Crippen molar-refractivity contribution >= 4 is 15.9 Å². The number of hydrogen-bond donors (Lipinski definition) is 1. The lowest BCUT2D eigenvalue weighted by Gasteiger charge is -2.19. The molecule has 1 atom stereocenters. The third-order valence-corrected chi connectivity index (χ3v) is 4.09. The highest BCUT2D eigenvalue weighted by molar-refractivity contribution is 9.10. The smallest absolute Gasteiger partial charge is 0.124 e. The predicted molar refractivity (Wildman–Crippen MR) is 80.8 cm³/mol. The highest BCUT2D eigenvalue weighted by Gasteiger charge is 2.14. The molecule has 0 aliphatic heterocycles. The van der Waals surface area contributed by atoms with Crippen molar-refractivity contribution in [2.24, 2.45) is 0 Å². The first kappa shape index (κ1) is 14.2. The van der Waals surface area contributed by atoms with Crippen molar-refractivity contribution < 1.29 is 4.39 Å². The van der Waals surface area contributed by atoms with Gasteiger partial charge < -0.3 is 5.32 Å². The van der Waals surface area contributed by atoms with Gasteiger partial charge in [0, 0.05) is 10.5 Å². The number of likely N-dealkylation sites (N-methyl/N-ethyl adjacent to an activating group) is 1. The normalized spacial score (nSPS) is 12.4. The first-order valence-corrected chi connectivity index (χ1v) is 7.08. The predicted octanol–water partition coefficient (Wildman–Crippen LogP) is 4.40. The summed E-state index contributed by atoms with van der Waals surface area (Å²) in [4.78, 5) is 0. The molecule has 0 aromatic heterocycles. The largest absolute Gasteiger partial charge is 0.313 e. The maximum Gasteiger partial charge on any atom is 0.124 e. The van der Waals surface area contributed by atoms with Gasteiger partial charge in [0.1, 0.15) is 5.82 Å². The van der Waals surface area contributed by atoms with E-state index in [0.717, 1.165) is 16.5 Å². The second-order valence-corrected chi connectivity index (χ2v) is 5.49. The quantitative estimate of drug-likeness (QED) is 0.880. The Morgan fingerprint density at radius 3 is 2.58 bits per heavy atom. The minimum atomic E-state index is -0.215. The van der Waals surface area contributed by atoms with E-state index >= 15 is 0 Å². The van der Waals surface area contributed by atoms with E-state index in [1.807, 2.05) is 25.2 Å². The standard InChI is InChI=1S/C16H17BrFN/c1-11-5-3-4-6-14(11)16(19-2)9-12-7-8-13(18)10-15(12)17/h3-8,10,16,19H,9H2,1-2H3. The molecule has 19 heavy (non-hydrogen) atoms. The second kappa shape index (κ2) is 6.31. The number of aryl methyl sites for hydroxylation is 1. The molecule has 0 saturated heterocycles. The van der Waals surface area contributed by atoms with Crippen LogP contribution in [0, 0.1) is 12.7 Å². The lowest BCUT2D eigenvalue weighted by atomic mass is 9.95. The van der Waals surface area contributed by atoms with Gasteiger partial charge in [-0.15, -0.1) is 0 Å². The average molecular weight is 322 g/mol. The van der Waals surface area contributed by atoms with Gasteiger partial charge in [-0.2, -0.15) is 0 Å². The van der Waals surface area contributed by atoms with Gasteiger partial charge in [-0.25, -0.2) is 4.39 Å². The Morgan fingerprint density at radius 2 is 1.95 bits per heavy atom. The van der Waals surface area contributed by atoms with Crippen LogP contribution in [0.1, 0.15) is 22.7 Å². The summed E-state index contributed by atoms with van der Waals surface area (Å²) < 4.78 is 13.9. The Morgan fingerprint density at radius 1 is 1.21 bits per heavy atom. The summed E-state index contributed by atoms with van der Waals surface area (Å²) in [5.41, 5.74) is 3.64. The van der Waals surface area contributed by atoms with Gasteiger partial charge in [0.05, 0.1) is 0 Å². The van der Waals surface area contributed by atoms with Gasteiger partial charge in [0.25, 0.3) is 0 Å². The van der Waals surface area contributed by atoms with Crippen molar-refractivity contribution in [3.05, 3.63) is 69.4 Å². The zero-order valence-electron chi connectivity index (χ0n) is 11.1. The molecule has 0 radical (unpaired) electrons. The third kappa shape index (κ3) is 3.43. The number of hydrogen-bond acceptors (Lipinski definition) is 1. The molecule has 0 spiro atoms. The Labute approximate surface area is 122 Å². The van der Waals surface area contributed by atoms with Crippen LogP contribution < -0.4 is 5.32 Å². The number of benzene rings is 2. The Bertz CT molecular complexity index is 568. The molecule has 1 unspecified atom stereocenters. The molecule has 0 fully saturated rings. The van der Waals surface area contributed by atoms with Crippen molar-refractivity contribution in [1.29, 1.82) is 0 Å². The fraction of sp³-hybridized carbons (Fsp3) is 0.250. The Kier molecular flexibility index (Phi) is 4.72.